The summed E-state index contributed by atoms with van der Waals surface area (Å²) in [5.41, 5.74) is 3.07. The van der Waals surface area contributed by atoms with Crippen molar-refractivity contribution in [3.63, 3.8) is 0 Å². The van der Waals surface area contributed by atoms with Gasteiger partial charge in [-0.05, 0) is 41.8 Å². The molecule has 142 valence electrons. The molecule has 1 heterocycles. The molecule has 0 fully saturated rings. The Labute approximate surface area is 163 Å². The van der Waals surface area contributed by atoms with Crippen LogP contribution < -0.4 is 14.8 Å². The van der Waals surface area contributed by atoms with Crippen molar-refractivity contribution < 1.29 is 14.3 Å². The van der Waals surface area contributed by atoms with E-state index < -0.39 is 0 Å². The summed E-state index contributed by atoms with van der Waals surface area (Å²) in [5, 5.41) is 12.7. The third-order valence-corrected chi connectivity index (χ3v) is 4.28. The maximum Gasteiger partial charge on any atom is 0.244 e. The van der Waals surface area contributed by atoms with Crippen molar-refractivity contribution in [1.82, 2.24) is 10.3 Å². The molecule has 6 heteroatoms. The van der Waals surface area contributed by atoms with E-state index in [0.29, 0.717) is 18.0 Å². The number of hydrogen-bond acceptors (Lipinski definition) is 4. The van der Waals surface area contributed by atoms with Gasteiger partial charge >= 0.3 is 0 Å². The number of fused-ring (bicyclic) bond motifs is 1. The molecule has 1 aromatic heterocycles. The van der Waals surface area contributed by atoms with Gasteiger partial charge in [0.25, 0.3) is 0 Å². The molecule has 0 bridgehead atoms. The second-order valence-corrected chi connectivity index (χ2v) is 6.09. The number of nitriles is 1. The summed E-state index contributed by atoms with van der Waals surface area (Å²) < 4.78 is 10.5. The summed E-state index contributed by atoms with van der Waals surface area (Å²) >= 11 is 0. The summed E-state index contributed by atoms with van der Waals surface area (Å²) in [6.45, 7) is 0.500. The molecular formula is C22H21N3O3. The zero-order chi connectivity index (χ0) is 19.8. The zero-order valence-electron chi connectivity index (χ0n) is 15.6. The van der Waals surface area contributed by atoms with Gasteiger partial charge in [-0.25, -0.2) is 0 Å². The van der Waals surface area contributed by atoms with Crippen LogP contribution in [0.25, 0.3) is 17.0 Å². The second-order valence-electron chi connectivity index (χ2n) is 6.09. The molecule has 0 atom stereocenters. The Morgan fingerprint density at radius 2 is 2.11 bits per heavy atom. The summed E-state index contributed by atoms with van der Waals surface area (Å²) in [7, 11) is 1.53. The van der Waals surface area contributed by atoms with Crippen molar-refractivity contribution in [1.29, 1.82) is 5.26 Å². The van der Waals surface area contributed by atoms with Crippen LogP contribution in [0.5, 0.6) is 11.5 Å². The first kappa shape index (κ1) is 19.1. The van der Waals surface area contributed by atoms with Crippen molar-refractivity contribution in [3.8, 4) is 17.6 Å². The van der Waals surface area contributed by atoms with Crippen molar-refractivity contribution >= 4 is 22.9 Å². The quantitative estimate of drug-likeness (QED) is 0.591. The van der Waals surface area contributed by atoms with E-state index in [2.05, 4.69) is 16.4 Å². The van der Waals surface area contributed by atoms with E-state index in [4.69, 9.17) is 14.7 Å². The van der Waals surface area contributed by atoms with Crippen molar-refractivity contribution in [2.45, 2.75) is 6.42 Å². The topological polar surface area (TPSA) is 87.1 Å². The van der Waals surface area contributed by atoms with E-state index in [9.17, 15) is 4.79 Å². The van der Waals surface area contributed by atoms with Crippen molar-refractivity contribution in [3.05, 3.63) is 65.9 Å². The van der Waals surface area contributed by atoms with Crippen LogP contribution in [0.2, 0.25) is 0 Å². The highest BCUT2D eigenvalue weighted by molar-refractivity contribution is 5.91. The summed E-state index contributed by atoms with van der Waals surface area (Å²) in [6, 6.07) is 15.3. The number of carbonyl (C=O) groups is 1. The minimum atomic E-state index is -0.163. The number of amides is 1. The third-order valence-electron chi connectivity index (χ3n) is 4.28. The molecule has 28 heavy (non-hydrogen) atoms. The lowest BCUT2D eigenvalue weighted by atomic mass is 10.1. The van der Waals surface area contributed by atoms with E-state index in [0.717, 1.165) is 17.5 Å². The largest absolute Gasteiger partial charge is 0.493 e. The molecule has 0 aliphatic carbocycles. The van der Waals surface area contributed by atoms with Gasteiger partial charge in [0.1, 0.15) is 6.07 Å². The second kappa shape index (κ2) is 9.28. The number of benzene rings is 2. The minimum Gasteiger partial charge on any atom is -0.493 e. The van der Waals surface area contributed by atoms with E-state index in [-0.39, 0.29) is 12.5 Å². The Morgan fingerprint density at radius 3 is 2.93 bits per heavy atom. The molecule has 2 aromatic carbocycles. The molecule has 0 aliphatic rings. The van der Waals surface area contributed by atoms with E-state index >= 15 is 0 Å². The lowest BCUT2D eigenvalue weighted by molar-refractivity contribution is -0.116. The Morgan fingerprint density at radius 1 is 1.25 bits per heavy atom. The Hall–Kier alpha value is -3.72. The standard InChI is InChI=1S/C22H21N3O3/c1-27-21-14-16(6-8-20(21)28-13-11-23)7-9-22(26)24-12-10-17-15-25-19-5-3-2-4-18(17)19/h2-9,14-15,25H,10,12-13H2,1H3,(H,24,26)/b9-7+. The fourth-order valence-corrected chi connectivity index (χ4v) is 2.91. The van der Waals surface area contributed by atoms with Crippen LogP contribution in [-0.4, -0.2) is 31.2 Å². The number of aromatic nitrogens is 1. The number of para-hydroxylation sites is 1. The van der Waals surface area contributed by atoms with E-state index in [1.54, 1.807) is 24.3 Å². The van der Waals surface area contributed by atoms with Gasteiger partial charge in [-0.1, -0.05) is 24.3 Å². The van der Waals surface area contributed by atoms with Gasteiger partial charge in [-0.2, -0.15) is 5.26 Å². The predicted molar refractivity (Wildman–Crippen MR) is 108 cm³/mol. The van der Waals surface area contributed by atoms with Gasteiger partial charge in [0, 0.05) is 29.7 Å². The first-order valence-corrected chi connectivity index (χ1v) is 8.90. The Kier molecular flexibility index (Phi) is 6.32. The number of methoxy groups -OCH3 is 1. The van der Waals surface area contributed by atoms with Crippen molar-refractivity contribution in [2.24, 2.45) is 0 Å². The van der Waals surface area contributed by atoms with Crippen LogP contribution in [0.3, 0.4) is 0 Å². The predicted octanol–water partition coefficient (Wildman–Crippen LogP) is 3.45. The monoisotopic (exact) mass is 375 g/mol. The lowest BCUT2D eigenvalue weighted by Gasteiger charge is -2.08. The number of aromatic amines is 1. The number of nitrogens with one attached hydrogen (secondary N) is 2. The van der Waals surface area contributed by atoms with Crippen LogP contribution in [-0.2, 0) is 11.2 Å². The van der Waals surface area contributed by atoms with Crippen molar-refractivity contribution in [2.75, 3.05) is 20.3 Å². The molecule has 0 saturated heterocycles. The smallest absolute Gasteiger partial charge is 0.244 e. The normalized spacial score (nSPS) is 10.7. The average molecular weight is 375 g/mol. The molecule has 2 N–H and O–H groups in total. The summed E-state index contributed by atoms with van der Waals surface area (Å²) in [6.07, 6.45) is 5.93. The van der Waals surface area contributed by atoms with Gasteiger partial charge in [0.2, 0.25) is 5.91 Å². The molecule has 6 nitrogen and oxygen atoms in total. The first-order chi connectivity index (χ1) is 13.7. The van der Waals surface area contributed by atoms with Crippen LogP contribution in [0.15, 0.2) is 54.7 Å². The maximum absolute atomic E-state index is 12.1. The Bertz CT molecular complexity index is 1030. The number of carbonyl (C=O) groups excluding carboxylic acids is 1. The van der Waals surface area contributed by atoms with Gasteiger partial charge in [0.05, 0.1) is 7.11 Å². The molecule has 0 spiro atoms. The SMILES string of the molecule is COc1cc(/C=C/C(=O)NCCc2c[nH]c3ccccc23)ccc1OCC#N. The average Bonchev–Trinajstić information content (AvgIpc) is 3.14. The molecule has 3 aromatic rings. The molecule has 1 amide bonds. The summed E-state index contributed by atoms with van der Waals surface area (Å²) in [5.74, 6) is 0.838. The highest BCUT2D eigenvalue weighted by Gasteiger charge is 2.06. The molecular weight excluding hydrogens is 354 g/mol. The van der Waals surface area contributed by atoms with E-state index in [1.165, 1.54) is 24.1 Å². The van der Waals surface area contributed by atoms with E-state index in [1.807, 2.05) is 30.5 Å². The molecule has 0 unspecified atom stereocenters. The third kappa shape index (κ3) is 4.71. The number of hydrogen-bond donors (Lipinski definition) is 2. The number of rotatable bonds is 8. The number of nitrogens with zero attached hydrogens (tertiary/aromatic N) is 1. The molecule has 0 aliphatic heterocycles. The fourth-order valence-electron chi connectivity index (χ4n) is 2.91. The highest BCUT2D eigenvalue weighted by Crippen LogP contribution is 2.28. The van der Waals surface area contributed by atoms with Crippen LogP contribution in [0, 0.1) is 11.3 Å². The fraction of sp³-hybridized carbons (Fsp3) is 0.182. The lowest BCUT2D eigenvalue weighted by Crippen LogP contribution is -2.23. The van der Waals surface area contributed by atoms with Gasteiger partial charge in [0.15, 0.2) is 18.1 Å². The molecule has 3 rings (SSSR count). The van der Waals surface area contributed by atoms with Crippen LogP contribution >= 0.6 is 0 Å². The Balaban J connectivity index is 1.54. The number of ether oxygens (including phenoxy) is 2. The highest BCUT2D eigenvalue weighted by atomic mass is 16.5. The minimum absolute atomic E-state index is 0.0512. The zero-order valence-corrected chi connectivity index (χ0v) is 15.6. The summed E-state index contributed by atoms with van der Waals surface area (Å²) in [4.78, 5) is 15.3. The molecule has 0 saturated carbocycles. The van der Waals surface area contributed by atoms with Gasteiger partial charge in [-0.3, -0.25) is 4.79 Å². The van der Waals surface area contributed by atoms with Gasteiger partial charge in [-0.15, -0.1) is 0 Å². The van der Waals surface area contributed by atoms with Gasteiger partial charge < -0.3 is 19.8 Å². The van der Waals surface area contributed by atoms with Crippen LogP contribution in [0.4, 0.5) is 0 Å². The maximum atomic E-state index is 12.1. The first-order valence-electron chi connectivity index (χ1n) is 8.90. The molecule has 0 radical (unpaired) electrons. The number of H-pyrrole nitrogens is 1. The van der Waals surface area contributed by atoms with Crippen LogP contribution in [0.1, 0.15) is 11.1 Å².